The summed E-state index contributed by atoms with van der Waals surface area (Å²) in [7, 11) is 4.33. The van der Waals surface area contributed by atoms with E-state index in [1.807, 2.05) is 0 Å². The van der Waals surface area contributed by atoms with Crippen LogP contribution in [0.2, 0.25) is 0 Å². The Morgan fingerprint density at radius 2 is 1.31 bits per heavy atom. The molecule has 0 aromatic carbocycles. The minimum atomic E-state index is 0.859. The van der Waals surface area contributed by atoms with Crippen molar-refractivity contribution >= 4 is 0 Å². The Kier molecular flexibility index (Phi) is 9.02. The molecule has 0 spiro atoms. The number of rotatable bonds is 9. The molecule has 0 aromatic heterocycles. The fourth-order valence-electron chi connectivity index (χ4n) is 2.53. The van der Waals surface area contributed by atoms with E-state index in [0.717, 1.165) is 17.8 Å². The molecule has 0 aliphatic rings. The summed E-state index contributed by atoms with van der Waals surface area (Å²) in [6.45, 7) is 10.7. The first-order valence-corrected chi connectivity index (χ1v) is 7.06. The second-order valence-corrected chi connectivity index (χ2v) is 6.42. The van der Waals surface area contributed by atoms with Crippen molar-refractivity contribution in [1.82, 2.24) is 4.90 Å². The Morgan fingerprint density at radius 1 is 0.812 bits per heavy atom. The van der Waals surface area contributed by atoms with Crippen LogP contribution in [0, 0.1) is 17.8 Å². The number of hydrogen-bond donors (Lipinski definition) is 0. The predicted octanol–water partition coefficient (Wildman–Crippen LogP) is 4.43. The van der Waals surface area contributed by atoms with Gasteiger partial charge in [0, 0.05) is 0 Å². The number of unbranched alkanes of at least 4 members (excludes halogenated alkanes) is 1. The van der Waals surface area contributed by atoms with Crippen LogP contribution >= 0.6 is 0 Å². The van der Waals surface area contributed by atoms with E-state index in [9.17, 15) is 0 Å². The van der Waals surface area contributed by atoms with Crippen LogP contribution in [-0.4, -0.2) is 25.5 Å². The molecular formula is C15H33N. The van der Waals surface area contributed by atoms with Crippen LogP contribution in [-0.2, 0) is 0 Å². The average Bonchev–Trinajstić information content (AvgIpc) is 2.09. The normalized spacial score (nSPS) is 12.4. The van der Waals surface area contributed by atoms with Gasteiger partial charge in [-0.05, 0) is 57.7 Å². The minimum Gasteiger partial charge on any atom is -0.309 e. The van der Waals surface area contributed by atoms with E-state index in [1.54, 1.807) is 0 Å². The molecular weight excluding hydrogens is 194 g/mol. The Labute approximate surface area is 104 Å². The largest absolute Gasteiger partial charge is 0.309 e. The lowest BCUT2D eigenvalue weighted by atomic mass is 9.86. The predicted molar refractivity (Wildman–Crippen MR) is 74.8 cm³/mol. The first kappa shape index (κ1) is 16.0. The highest BCUT2D eigenvalue weighted by atomic mass is 15.0. The summed E-state index contributed by atoms with van der Waals surface area (Å²) in [4.78, 5) is 2.29. The zero-order chi connectivity index (χ0) is 12.6. The molecule has 0 saturated carbocycles. The molecule has 0 radical (unpaired) electrons. The summed E-state index contributed by atoms with van der Waals surface area (Å²) in [5.74, 6) is 2.68. The highest BCUT2D eigenvalue weighted by molar-refractivity contribution is 4.64. The Hall–Kier alpha value is -0.0400. The molecule has 0 N–H and O–H groups in total. The minimum absolute atomic E-state index is 0.859. The van der Waals surface area contributed by atoms with E-state index < -0.39 is 0 Å². The van der Waals surface area contributed by atoms with Crippen molar-refractivity contribution < 1.29 is 0 Å². The molecule has 0 aliphatic carbocycles. The van der Waals surface area contributed by atoms with Crippen molar-refractivity contribution in [2.75, 3.05) is 20.6 Å². The third-order valence-corrected chi connectivity index (χ3v) is 3.08. The highest BCUT2D eigenvalue weighted by Gasteiger charge is 2.12. The summed E-state index contributed by atoms with van der Waals surface area (Å²) >= 11 is 0. The van der Waals surface area contributed by atoms with E-state index in [1.165, 1.54) is 38.6 Å². The van der Waals surface area contributed by atoms with Crippen molar-refractivity contribution in [3.63, 3.8) is 0 Å². The first-order chi connectivity index (χ1) is 7.41. The van der Waals surface area contributed by atoms with Gasteiger partial charge in [-0.3, -0.25) is 0 Å². The lowest BCUT2D eigenvalue weighted by Gasteiger charge is -2.21. The van der Waals surface area contributed by atoms with Gasteiger partial charge in [0.15, 0.2) is 0 Å². The maximum atomic E-state index is 2.35. The van der Waals surface area contributed by atoms with Gasteiger partial charge in [-0.1, -0.05) is 40.5 Å². The molecule has 1 nitrogen and oxygen atoms in total. The van der Waals surface area contributed by atoms with Gasteiger partial charge in [-0.15, -0.1) is 0 Å². The molecule has 0 saturated heterocycles. The van der Waals surface area contributed by atoms with Gasteiger partial charge in [0.2, 0.25) is 0 Å². The lowest BCUT2D eigenvalue weighted by molar-refractivity contribution is 0.306. The van der Waals surface area contributed by atoms with Crippen molar-refractivity contribution in [3.05, 3.63) is 0 Å². The zero-order valence-corrected chi connectivity index (χ0v) is 12.4. The zero-order valence-electron chi connectivity index (χ0n) is 12.4. The number of hydrogen-bond acceptors (Lipinski definition) is 1. The first-order valence-electron chi connectivity index (χ1n) is 7.06. The Bertz CT molecular complexity index is 140. The molecule has 0 fully saturated rings. The smallest absolute Gasteiger partial charge is 0.00248 e. The molecule has 0 rings (SSSR count). The van der Waals surface area contributed by atoms with Crippen LogP contribution in [0.1, 0.15) is 59.8 Å². The molecule has 0 heterocycles. The van der Waals surface area contributed by atoms with Gasteiger partial charge in [-0.25, -0.2) is 0 Å². The van der Waals surface area contributed by atoms with E-state index >= 15 is 0 Å². The third-order valence-electron chi connectivity index (χ3n) is 3.08. The highest BCUT2D eigenvalue weighted by Crippen LogP contribution is 2.24. The topological polar surface area (TPSA) is 3.24 Å². The molecule has 16 heavy (non-hydrogen) atoms. The molecule has 0 unspecified atom stereocenters. The van der Waals surface area contributed by atoms with Crippen LogP contribution in [0.25, 0.3) is 0 Å². The van der Waals surface area contributed by atoms with Gasteiger partial charge in [0.25, 0.3) is 0 Å². The van der Waals surface area contributed by atoms with Crippen LogP contribution in [0.4, 0.5) is 0 Å². The second-order valence-electron chi connectivity index (χ2n) is 6.42. The maximum Gasteiger partial charge on any atom is -0.00248 e. The molecule has 1 heteroatoms. The maximum absolute atomic E-state index is 2.35. The summed E-state index contributed by atoms with van der Waals surface area (Å²) < 4.78 is 0. The van der Waals surface area contributed by atoms with Gasteiger partial charge >= 0.3 is 0 Å². The van der Waals surface area contributed by atoms with Crippen LogP contribution in [0.5, 0.6) is 0 Å². The van der Waals surface area contributed by atoms with E-state index in [4.69, 9.17) is 0 Å². The lowest BCUT2D eigenvalue weighted by Crippen LogP contribution is -2.14. The van der Waals surface area contributed by atoms with Crippen molar-refractivity contribution in [2.45, 2.75) is 59.8 Å². The van der Waals surface area contributed by atoms with Crippen molar-refractivity contribution in [2.24, 2.45) is 17.8 Å². The van der Waals surface area contributed by atoms with Gasteiger partial charge in [-0.2, -0.15) is 0 Å². The van der Waals surface area contributed by atoms with Crippen molar-refractivity contribution in [3.8, 4) is 0 Å². The summed E-state index contributed by atoms with van der Waals surface area (Å²) in [5.41, 5.74) is 0. The fourth-order valence-corrected chi connectivity index (χ4v) is 2.53. The molecule has 0 aromatic rings. The number of nitrogens with zero attached hydrogens (tertiary/aromatic N) is 1. The summed E-state index contributed by atoms with van der Waals surface area (Å²) in [6.07, 6.45) is 7.03. The Balaban J connectivity index is 3.73. The SMILES string of the molecule is CC(C)CC(CCCCN(C)C)CC(C)C. The van der Waals surface area contributed by atoms with Crippen LogP contribution in [0.3, 0.4) is 0 Å². The van der Waals surface area contributed by atoms with E-state index in [2.05, 4.69) is 46.7 Å². The summed E-state index contributed by atoms with van der Waals surface area (Å²) in [6, 6.07) is 0. The van der Waals surface area contributed by atoms with Crippen LogP contribution < -0.4 is 0 Å². The van der Waals surface area contributed by atoms with Crippen molar-refractivity contribution in [1.29, 1.82) is 0 Å². The average molecular weight is 227 g/mol. The van der Waals surface area contributed by atoms with E-state index in [-0.39, 0.29) is 0 Å². The van der Waals surface area contributed by atoms with E-state index in [0.29, 0.717) is 0 Å². The fraction of sp³-hybridized carbons (Fsp3) is 1.00. The molecule has 0 atom stereocenters. The van der Waals surface area contributed by atoms with Crippen LogP contribution in [0.15, 0.2) is 0 Å². The monoisotopic (exact) mass is 227 g/mol. The van der Waals surface area contributed by atoms with Gasteiger partial charge in [0.1, 0.15) is 0 Å². The molecule has 98 valence electrons. The quantitative estimate of drug-likeness (QED) is 0.527. The second kappa shape index (κ2) is 9.04. The van der Waals surface area contributed by atoms with Gasteiger partial charge < -0.3 is 4.90 Å². The molecule has 0 amide bonds. The molecule has 0 aliphatic heterocycles. The Morgan fingerprint density at radius 3 is 1.69 bits per heavy atom. The van der Waals surface area contributed by atoms with Gasteiger partial charge in [0.05, 0.1) is 0 Å². The standard InChI is InChI=1S/C15H33N/c1-13(2)11-15(12-14(3)4)9-7-8-10-16(5)6/h13-15H,7-12H2,1-6H3. The summed E-state index contributed by atoms with van der Waals surface area (Å²) in [5, 5.41) is 0. The molecule has 0 bridgehead atoms. The third kappa shape index (κ3) is 10.5.